The third-order valence-corrected chi connectivity index (χ3v) is 4.57. The standard InChI is InChI=1S/C12H17FN2O4S/c1-7-6-9(13)11(14)8(2)12(7)20(17,18)15-5-4-10(16)19-3/h6,15H,4-5,14H2,1-3H3. The number of sulfonamides is 1. The smallest absolute Gasteiger partial charge is 0.306 e. The average Bonchev–Trinajstić information content (AvgIpc) is 2.35. The van der Waals surface area contributed by atoms with Gasteiger partial charge in [0.25, 0.3) is 0 Å². The highest BCUT2D eigenvalue weighted by atomic mass is 32.2. The van der Waals surface area contributed by atoms with Crippen LogP contribution < -0.4 is 10.5 Å². The molecule has 0 aliphatic carbocycles. The summed E-state index contributed by atoms with van der Waals surface area (Å²) in [6.07, 6.45) is -0.0928. The van der Waals surface area contributed by atoms with Gasteiger partial charge in [0.2, 0.25) is 10.0 Å². The van der Waals surface area contributed by atoms with E-state index in [0.717, 1.165) is 6.07 Å². The highest BCUT2D eigenvalue weighted by molar-refractivity contribution is 7.89. The van der Waals surface area contributed by atoms with Crippen LogP contribution in [0.2, 0.25) is 0 Å². The number of carbonyl (C=O) groups is 1. The van der Waals surface area contributed by atoms with Crippen LogP contribution in [0.4, 0.5) is 10.1 Å². The molecule has 1 aromatic carbocycles. The summed E-state index contributed by atoms with van der Waals surface area (Å²) in [5.41, 5.74) is 5.70. The van der Waals surface area contributed by atoms with Crippen LogP contribution in [0.5, 0.6) is 0 Å². The number of hydrogen-bond acceptors (Lipinski definition) is 5. The number of rotatable bonds is 5. The van der Waals surface area contributed by atoms with Crippen LogP contribution in [-0.4, -0.2) is 28.0 Å². The zero-order chi connectivity index (χ0) is 15.5. The van der Waals surface area contributed by atoms with Crippen LogP contribution in [0.3, 0.4) is 0 Å². The summed E-state index contributed by atoms with van der Waals surface area (Å²) in [7, 11) is -2.66. The van der Waals surface area contributed by atoms with Crippen molar-refractivity contribution in [3.05, 3.63) is 23.0 Å². The van der Waals surface area contributed by atoms with E-state index in [-0.39, 0.29) is 34.7 Å². The summed E-state index contributed by atoms with van der Waals surface area (Å²) in [4.78, 5) is 10.9. The highest BCUT2D eigenvalue weighted by Crippen LogP contribution is 2.27. The van der Waals surface area contributed by atoms with Gasteiger partial charge in [-0.2, -0.15) is 0 Å². The fraction of sp³-hybridized carbons (Fsp3) is 0.417. The molecule has 0 bridgehead atoms. The molecule has 112 valence electrons. The first-order valence-corrected chi connectivity index (χ1v) is 7.30. The van der Waals surface area contributed by atoms with Crippen molar-refractivity contribution in [3.8, 4) is 0 Å². The summed E-state index contributed by atoms with van der Waals surface area (Å²) in [5.74, 6) is -1.19. The quantitative estimate of drug-likeness (QED) is 0.621. The molecule has 6 nitrogen and oxygen atoms in total. The zero-order valence-corrected chi connectivity index (χ0v) is 12.3. The van der Waals surface area contributed by atoms with Gasteiger partial charge in [-0.05, 0) is 31.0 Å². The van der Waals surface area contributed by atoms with E-state index in [0.29, 0.717) is 0 Å². The van der Waals surface area contributed by atoms with Gasteiger partial charge in [-0.3, -0.25) is 4.79 Å². The number of carbonyl (C=O) groups excluding carboxylic acids is 1. The monoisotopic (exact) mass is 304 g/mol. The predicted molar refractivity (Wildman–Crippen MR) is 72.1 cm³/mol. The number of esters is 1. The lowest BCUT2D eigenvalue weighted by Crippen LogP contribution is -2.28. The van der Waals surface area contributed by atoms with Crippen LogP contribution in [0.15, 0.2) is 11.0 Å². The Morgan fingerprint density at radius 1 is 1.45 bits per heavy atom. The summed E-state index contributed by atoms with van der Waals surface area (Å²) >= 11 is 0. The first-order chi connectivity index (χ1) is 9.20. The topological polar surface area (TPSA) is 98.5 Å². The van der Waals surface area contributed by atoms with Crippen molar-refractivity contribution < 1.29 is 22.3 Å². The number of aryl methyl sites for hydroxylation is 1. The van der Waals surface area contributed by atoms with Crippen molar-refractivity contribution >= 4 is 21.7 Å². The van der Waals surface area contributed by atoms with E-state index in [1.807, 2.05) is 0 Å². The van der Waals surface area contributed by atoms with Crippen LogP contribution in [0.1, 0.15) is 17.5 Å². The van der Waals surface area contributed by atoms with Crippen molar-refractivity contribution in [2.45, 2.75) is 25.2 Å². The van der Waals surface area contributed by atoms with Gasteiger partial charge in [-0.25, -0.2) is 17.5 Å². The zero-order valence-electron chi connectivity index (χ0n) is 11.5. The molecule has 0 fully saturated rings. The third kappa shape index (κ3) is 3.45. The highest BCUT2D eigenvalue weighted by Gasteiger charge is 2.22. The SMILES string of the molecule is COC(=O)CCNS(=O)(=O)c1c(C)cc(F)c(N)c1C. The second kappa shape index (κ2) is 6.19. The molecule has 0 saturated carbocycles. The number of ether oxygens (including phenoxy) is 1. The average molecular weight is 304 g/mol. The van der Waals surface area contributed by atoms with Crippen LogP contribution >= 0.6 is 0 Å². The largest absolute Gasteiger partial charge is 0.469 e. The number of nitrogens with two attached hydrogens (primary N) is 1. The third-order valence-electron chi connectivity index (χ3n) is 2.82. The lowest BCUT2D eigenvalue weighted by atomic mass is 10.1. The van der Waals surface area contributed by atoms with Gasteiger partial charge in [0.15, 0.2) is 0 Å². The molecule has 0 unspecified atom stereocenters. The lowest BCUT2D eigenvalue weighted by Gasteiger charge is -2.14. The minimum atomic E-state index is -3.87. The molecule has 0 aromatic heterocycles. The maximum atomic E-state index is 13.4. The van der Waals surface area contributed by atoms with Gasteiger partial charge in [0, 0.05) is 6.54 Å². The second-order valence-electron chi connectivity index (χ2n) is 4.27. The molecule has 8 heteroatoms. The van der Waals surface area contributed by atoms with Crippen LogP contribution in [0, 0.1) is 19.7 Å². The number of benzene rings is 1. The summed E-state index contributed by atoms with van der Waals surface area (Å²) in [5, 5.41) is 0. The van der Waals surface area contributed by atoms with Gasteiger partial charge in [-0.15, -0.1) is 0 Å². The van der Waals surface area contributed by atoms with Gasteiger partial charge in [-0.1, -0.05) is 0 Å². The van der Waals surface area contributed by atoms with Gasteiger partial charge >= 0.3 is 5.97 Å². The van der Waals surface area contributed by atoms with E-state index < -0.39 is 21.8 Å². The van der Waals surface area contributed by atoms with E-state index in [9.17, 15) is 17.6 Å². The molecule has 0 radical (unpaired) electrons. The molecular weight excluding hydrogens is 287 g/mol. The first-order valence-electron chi connectivity index (χ1n) is 5.82. The Bertz CT molecular complexity index is 629. The lowest BCUT2D eigenvalue weighted by molar-refractivity contribution is -0.140. The Morgan fingerprint density at radius 2 is 2.05 bits per heavy atom. The van der Waals surface area contributed by atoms with E-state index in [1.54, 1.807) is 0 Å². The second-order valence-corrected chi connectivity index (χ2v) is 5.97. The molecule has 0 heterocycles. The molecule has 1 rings (SSSR count). The fourth-order valence-corrected chi connectivity index (χ4v) is 3.32. The molecule has 0 atom stereocenters. The molecule has 0 aliphatic rings. The number of nitrogen functional groups attached to an aromatic ring is 1. The van der Waals surface area contributed by atoms with E-state index in [4.69, 9.17) is 5.73 Å². The summed E-state index contributed by atoms with van der Waals surface area (Å²) < 4.78 is 44.4. The molecule has 0 amide bonds. The van der Waals surface area contributed by atoms with Crippen molar-refractivity contribution in [2.24, 2.45) is 0 Å². The summed E-state index contributed by atoms with van der Waals surface area (Å²) in [6.45, 7) is 2.80. The number of nitrogens with one attached hydrogen (secondary N) is 1. The normalized spacial score (nSPS) is 11.4. The molecule has 20 heavy (non-hydrogen) atoms. The first kappa shape index (κ1) is 16.4. The molecule has 3 N–H and O–H groups in total. The maximum absolute atomic E-state index is 13.4. The minimum absolute atomic E-state index is 0.0683. The molecule has 0 spiro atoms. The maximum Gasteiger partial charge on any atom is 0.306 e. The Kier molecular flexibility index (Phi) is 5.07. The Balaban J connectivity index is 3.05. The van der Waals surface area contributed by atoms with Crippen molar-refractivity contribution in [2.75, 3.05) is 19.4 Å². The van der Waals surface area contributed by atoms with Gasteiger partial charge in [0.05, 0.1) is 24.1 Å². The molecule has 0 aliphatic heterocycles. The number of hydrogen-bond donors (Lipinski definition) is 2. The molecule has 1 aromatic rings. The van der Waals surface area contributed by atoms with Crippen LogP contribution in [0.25, 0.3) is 0 Å². The van der Waals surface area contributed by atoms with Gasteiger partial charge < -0.3 is 10.5 Å². The number of anilines is 1. The van der Waals surface area contributed by atoms with Gasteiger partial charge in [0.1, 0.15) is 5.82 Å². The Hall–Kier alpha value is -1.67. The van der Waals surface area contributed by atoms with Crippen LogP contribution in [-0.2, 0) is 19.6 Å². The van der Waals surface area contributed by atoms with E-state index >= 15 is 0 Å². The number of methoxy groups -OCH3 is 1. The molecular formula is C12H17FN2O4S. The predicted octanol–water partition coefficient (Wildman–Crippen LogP) is 0.866. The van der Waals surface area contributed by atoms with E-state index in [1.165, 1.54) is 21.0 Å². The van der Waals surface area contributed by atoms with E-state index in [2.05, 4.69) is 9.46 Å². The van der Waals surface area contributed by atoms with Crippen molar-refractivity contribution in [1.82, 2.24) is 4.72 Å². The summed E-state index contributed by atoms with van der Waals surface area (Å²) in [6, 6.07) is 1.07. The van der Waals surface area contributed by atoms with Crippen molar-refractivity contribution in [3.63, 3.8) is 0 Å². The molecule has 0 saturated heterocycles. The minimum Gasteiger partial charge on any atom is -0.469 e. The Labute approximate surface area is 117 Å². The fourth-order valence-electron chi connectivity index (χ4n) is 1.81. The Morgan fingerprint density at radius 3 is 2.60 bits per heavy atom. The van der Waals surface area contributed by atoms with Crippen molar-refractivity contribution in [1.29, 1.82) is 0 Å². The number of halogens is 1.